The average Bonchev–Trinajstić information content (AvgIpc) is 3.47. The van der Waals surface area contributed by atoms with Gasteiger partial charge in [0.25, 0.3) is 5.91 Å². The van der Waals surface area contributed by atoms with Crippen molar-refractivity contribution in [3.8, 4) is 34.2 Å². The third-order valence-corrected chi connectivity index (χ3v) is 5.83. The zero-order chi connectivity index (χ0) is 23.7. The van der Waals surface area contributed by atoms with E-state index >= 15 is 0 Å². The molecule has 0 radical (unpaired) electrons. The number of carbonyl (C=O) groups is 1. The minimum atomic E-state index is -0.321. The topological polar surface area (TPSA) is 61.7 Å². The van der Waals surface area contributed by atoms with Gasteiger partial charge in [-0.1, -0.05) is 18.2 Å². The first-order valence-electron chi connectivity index (χ1n) is 10.8. The minimum absolute atomic E-state index is 0.203. The molecular formula is C27H23FN2O4. The normalized spacial score (nSPS) is 12.0. The Balaban J connectivity index is 1.49. The van der Waals surface area contributed by atoms with Crippen LogP contribution in [0.2, 0.25) is 0 Å². The Labute approximate surface area is 196 Å². The van der Waals surface area contributed by atoms with Gasteiger partial charge >= 0.3 is 0 Å². The van der Waals surface area contributed by atoms with Gasteiger partial charge in [0.2, 0.25) is 6.79 Å². The van der Waals surface area contributed by atoms with Gasteiger partial charge in [0.15, 0.2) is 11.5 Å². The third-order valence-electron chi connectivity index (χ3n) is 5.83. The molecule has 172 valence electrons. The van der Waals surface area contributed by atoms with Crippen molar-refractivity contribution in [2.75, 3.05) is 13.9 Å². The standard InChI is InChI=1S/C27H23FN2O4/c1-17-23(27(31)29-15-18-6-11-25-26(12-18)34-16-33-25)14-24(19-4-3-5-22(13-19)32-2)30(17)21-9-7-20(28)8-10-21/h3-14H,15-16H2,1-2H3,(H,29,31). The fourth-order valence-electron chi connectivity index (χ4n) is 4.08. The molecule has 0 saturated heterocycles. The predicted octanol–water partition coefficient (Wildman–Crippen LogP) is 5.26. The van der Waals surface area contributed by atoms with Crippen LogP contribution in [-0.2, 0) is 6.54 Å². The van der Waals surface area contributed by atoms with Gasteiger partial charge in [0.1, 0.15) is 11.6 Å². The van der Waals surface area contributed by atoms with Crippen LogP contribution in [0.4, 0.5) is 4.39 Å². The fraction of sp³-hybridized carbons (Fsp3) is 0.148. The molecule has 5 rings (SSSR count). The molecule has 1 aliphatic heterocycles. The highest BCUT2D eigenvalue weighted by molar-refractivity contribution is 5.97. The molecule has 3 aromatic carbocycles. The second kappa shape index (κ2) is 8.94. The van der Waals surface area contributed by atoms with Gasteiger partial charge in [-0.2, -0.15) is 0 Å². The SMILES string of the molecule is COc1cccc(-c2cc(C(=O)NCc3ccc4c(c3)OCO4)c(C)n2-c2ccc(F)cc2)c1. The van der Waals surface area contributed by atoms with Gasteiger partial charge < -0.3 is 24.1 Å². The molecule has 1 amide bonds. The van der Waals surface area contributed by atoms with Crippen molar-refractivity contribution in [3.63, 3.8) is 0 Å². The summed E-state index contributed by atoms with van der Waals surface area (Å²) < 4.78 is 31.7. The number of nitrogens with one attached hydrogen (secondary N) is 1. The molecule has 34 heavy (non-hydrogen) atoms. The molecule has 7 heteroatoms. The molecule has 0 bridgehead atoms. The summed E-state index contributed by atoms with van der Waals surface area (Å²) in [6.45, 7) is 2.42. The summed E-state index contributed by atoms with van der Waals surface area (Å²) in [6, 6.07) is 21.3. The number of hydrogen-bond acceptors (Lipinski definition) is 4. The van der Waals surface area contributed by atoms with E-state index in [1.807, 2.05) is 60.0 Å². The first-order valence-corrected chi connectivity index (χ1v) is 10.8. The molecule has 0 unspecified atom stereocenters. The van der Waals surface area contributed by atoms with Crippen molar-refractivity contribution < 1.29 is 23.4 Å². The number of halogens is 1. The van der Waals surface area contributed by atoms with Crippen LogP contribution < -0.4 is 19.5 Å². The van der Waals surface area contributed by atoms with Crippen molar-refractivity contribution >= 4 is 5.91 Å². The van der Waals surface area contributed by atoms with E-state index in [2.05, 4.69) is 5.32 Å². The number of aromatic nitrogens is 1. The van der Waals surface area contributed by atoms with E-state index in [9.17, 15) is 9.18 Å². The highest BCUT2D eigenvalue weighted by Gasteiger charge is 2.20. The Morgan fingerprint density at radius 2 is 1.82 bits per heavy atom. The fourth-order valence-corrected chi connectivity index (χ4v) is 4.08. The van der Waals surface area contributed by atoms with Gasteiger partial charge in [-0.05, 0) is 67.1 Å². The first kappa shape index (κ1) is 21.6. The van der Waals surface area contributed by atoms with Gasteiger partial charge in [-0.15, -0.1) is 0 Å². The summed E-state index contributed by atoms with van der Waals surface area (Å²) in [7, 11) is 1.61. The Bertz CT molecular complexity index is 1360. The van der Waals surface area contributed by atoms with E-state index in [0.29, 0.717) is 29.4 Å². The molecule has 0 atom stereocenters. The summed E-state index contributed by atoms with van der Waals surface area (Å²) in [5.74, 6) is 1.55. The first-order chi connectivity index (χ1) is 16.5. The maximum absolute atomic E-state index is 13.6. The molecule has 1 aromatic heterocycles. The summed E-state index contributed by atoms with van der Waals surface area (Å²) in [5.41, 5.74) is 4.61. The van der Waals surface area contributed by atoms with Crippen LogP contribution in [0.5, 0.6) is 17.2 Å². The van der Waals surface area contributed by atoms with Crippen molar-refractivity contribution in [2.45, 2.75) is 13.5 Å². The number of amides is 1. The smallest absolute Gasteiger partial charge is 0.253 e. The van der Waals surface area contributed by atoms with Crippen LogP contribution in [-0.4, -0.2) is 24.4 Å². The van der Waals surface area contributed by atoms with E-state index in [1.165, 1.54) is 12.1 Å². The van der Waals surface area contributed by atoms with E-state index in [1.54, 1.807) is 19.2 Å². The number of benzene rings is 3. The predicted molar refractivity (Wildman–Crippen MR) is 126 cm³/mol. The number of nitrogens with zero attached hydrogens (tertiary/aromatic N) is 1. The van der Waals surface area contributed by atoms with Crippen LogP contribution >= 0.6 is 0 Å². The molecule has 0 fully saturated rings. The summed E-state index contributed by atoms with van der Waals surface area (Å²) in [5, 5.41) is 2.99. The molecule has 4 aromatic rings. The van der Waals surface area contributed by atoms with Crippen LogP contribution in [0.3, 0.4) is 0 Å². The average molecular weight is 458 g/mol. The largest absolute Gasteiger partial charge is 0.497 e. The molecule has 1 aliphatic rings. The Morgan fingerprint density at radius 1 is 1.03 bits per heavy atom. The molecule has 2 heterocycles. The summed E-state index contributed by atoms with van der Waals surface area (Å²) in [6.07, 6.45) is 0. The molecule has 1 N–H and O–H groups in total. The van der Waals surface area contributed by atoms with E-state index < -0.39 is 0 Å². The number of carbonyl (C=O) groups excluding carboxylic acids is 1. The van der Waals surface area contributed by atoms with E-state index in [0.717, 1.165) is 28.2 Å². The van der Waals surface area contributed by atoms with E-state index in [4.69, 9.17) is 14.2 Å². The quantitative estimate of drug-likeness (QED) is 0.428. The van der Waals surface area contributed by atoms with E-state index in [-0.39, 0.29) is 18.5 Å². The van der Waals surface area contributed by atoms with Gasteiger partial charge in [0, 0.05) is 23.5 Å². The third kappa shape index (κ3) is 4.08. The maximum atomic E-state index is 13.6. The van der Waals surface area contributed by atoms with Crippen LogP contribution in [0, 0.1) is 12.7 Å². The number of fused-ring (bicyclic) bond motifs is 1. The van der Waals surface area contributed by atoms with Crippen LogP contribution in [0.25, 0.3) is 16.9 Å². The van der Waals surface area contributed by atoms with Crippen LogP contribution in [0.1, 0.15) is 21.6 Å². The Hall–Kier alpha value is -4.26. The lowest BCUT2D eigenvalue weighted by molar-refractivity contribution is 0.0950. The zero-order valence-electron chi connectivity index (χ0n) is 18.8. The van der Waals surface area contributed by atoms with Gasteiger partial charge in [-0.3, -0.25) is 4.79 Å². The van der Waals surface area contributed by atoms with Gasteiger partial charge in [-0.25, -0.2) is 4.39 Å². The number of ether oxygens (including phenoxy) is 3. The van der Waals surface area contributed by atoms with Crippen molar-refractivity contribution in [1.29, 1.82) is 0 Å². The van der Waals surface area contributed by atoms with Crippen molar-refractivity contribution in [3.05, 3.63) is 95.4 Å². The number of methoxy groups -OCH3 is 1. The lowest BCUT2D eigenvalue weighted by Gasteiger charge is -2.13. The highest BCUT2D eigenvalue weighted by Crippen LogP contribution is 2.33. The lowest BCUT2D eigenvalue weighted by atomic mass is 10.1. The number of hydrogen-bond donors (Lipinski definition) is 1. The minimum Gasteiger partial charge on any atom is -0.497 e. The molecule has 0 aliphatic carbocycles. The second-order valence-corrected chi connectivity index (χ2v) is 7.94. The van der Waals surface area contributed by atoms with Crippen molar-refractivity contribution in [2.24, 2.45) is 0 Å². The molecule has 0 spiro atoms. The Morgan fingerprint density at radius 3 is 2.62 bits per heavy atom. The van der Waals surface area contributed by atoms with Crippen LogP contribution in [0.15, 0.2) is 72.8 Å². The number of rotatable bonds is 6. The van der Waals surface area contributed by atoms with Gasteiger partial charge in [0.05, 0.1) is 18.4 Å². The summed E-state index contributed by atoms with van der Waals surface area (Å²) in [4.78, 5) is 13.2. The molecule has 6 nitrogen and oxygen atoms in total. The Kier molecular flexibility index (Phi) is 5.67. The highest BCUT2D eigenvalue weighted by atomic mass is 19.1. The maximum Gasteiger partial charge on any atom is 0.253 e. The molecular weight excluding hydrogens is 435 g/mol. The zero-order valence-corrected chi connectivity index (χ0v) is 18.8. The van der Waals surface area contributed by atoms with Crippen molar-refractivity contribution in [1.82, 2.24) is 9.88 Å². The second-order valence-electron chi connectivity index (χ2n) is 7.94. The lowest BCUT2D eigenvalue weighted by Crippen LogP contribution is -2.23. The monoisotopic (exact) mass is 458 g/mol. The molecule has 0 saturated carbocycles. The summed E-state index contributed by atoms with van der Waals surface area (Å²) >= 11 is 0.